The van der Waals surface area contributed by atoms with Crippen molar-refractivity contribution in [3.05, 3.63) is 28.5 Å². The molecule has 4 nitrogen and oxygen atoms in total. The van der Waals surface area contributed by atoms with Gasteiger partial charge in [0.15, 0.2) is 5.78 Å². The van der Waals surface area contributed by atoms with Gasteiger partial charge in [0.05, 0.1) is 17.5 Å². The predicted molar refractivity (Wildman–Crippen MR) is 73.4 cm³/mol. The number of carbonyl (C=O) groups is 1. The minimum atomic E-state index is -0.579. The summed E-state index contributed by atoms with van der Waals surface area (Å²) in [6, 6.07) is 4.48. The third-order valence-corrected chi connectivity index (χ3v) is 4.91. The van der Waals surface area contributed by atoms with Gasteiger partial charge in [0, 0.05) is 29.3 Å². The molecule has 2 bridgehead atoms. The van der Waals surface area contributed by atoms with E-state index in [2.05, 4.69) is 31.9 Å². The average Bonchev–Trinajstić information content (AvgIpc) is 2.58. The molecule has 2 saturated heterocycles. The van der Waals surface area contributed by atoms with Gasteiger partial charge in [-0.1, -0.05) is 0 Å². The number of nitrogens with zero attached hydrogens (tertiary/aromatic N) is 3. The molecule has 0 amide bonds. The molecule has 2 aliphatic heterocycles. The highest BCUT2D eigenvalue weighted by atomic mass is 79.9. The fourth-order valence-corrected chi connectivity index (χ4v) is 3.71. The first kappa shape index (κ1) is 12.8. The number of likely N-dealkylation sites (N-methyl/N-ethyl adjacent to an activating group) is 1. The normalized spacial score (nSPS) is 34.3. The molecule has 2 aliphatic rings. The van der Waals surface area contributed by atoms with Gasteiger partial charge in [-0.25, -0.2) is 0 Å². The second-order valence-electron chi connectivity index (χ2n) is 5.50. The molecule has 5 heteroatoms. The summed E-state index contributed by atoms with van der Waals surface area (Å²) >= 11 is 3.40. The number of carbonyl (C=O) groups excluding carboxylic acids is 1. The Morgan fingerprint density at radius 2 is 2.32 bits per heavy atom. The Kier molecular flexibility index (Phi) is 2.95. The van der Waals surface area contributed by atoms with Gasteiger partial charge in [0.2, 0.25) is 0 Å². The molecule has 1 aromatic rings. The summed E-state index contributed by atoms with van der Waals surface area (Å²) in [7, 11) is 1.99. The van der Waals surface area contributed by atoms with Crippen molar-refractivity contribution >= 4 is 21.7 Å². The Morgan fingerprint density at radius 3 is 2.95 bits per heavy atom. The van der Waals surface area contributed by atoms with Gasteiger partial charge < -0.3 is 0 Å². The van der Waals surface area contributed by atoms with Crippen LogP contribution in [0.25, 0.3) is 0 Å². The molecule has 19 heavy (non-hydrogen) atoms. The molecule has 98 valence electrons. The van der Waals surface area contributed by atoms with Crippen LogP contribution in [0.15, 0.2) is 22.9 Å². The average molecular weight is 320 g/mol. The second-order valence-corrected chi connectivity index (χ2v) is 6.42. The molecule has 0 radical (unpaired) electrons. The number of nitriles is 1. The first-order chi connectivity index (χ1) is 9.05. The third-order valence-electron chi connectivity index (χ3n) is 4.47. The van der Waals surface area contributed by atoms with Crippen LogP contribution in [0.5, 0.6) is 0 Å². The molecule has 0 N–H and O–H groups in total. The van der Waals surface area contributed by atoms with Gasteiger partial charge in [-0.05, 0) is 47.4 Å². The monoisotopic (exact) mass is 319 g/mol. The van der Waals surface area contributed by atoms with Crippen molar-refractivity contribution in [3.8, 4) is 6.07 Å². The van der Waals surface area contributed by atoms with Gasteiger partial charge in [-0.2, -0.15) is 5.26 Å². The molecule has 3 heterocycles. The number of fused-ring (bicyclic) bond motifs is 2. The van der Waals surface area contributed by atoms with Crippen molar-refractivity contribution in [2.75, 3.05) is 7.05 Å². The van der Waals surface area contributed by atoms with Crippen molar-refractivity contribution in [3.63, 3.8) is 0 Å². The number of hydrogen-bond donors (Lipinski definition) is 0. The summed E-state index contributed by atoms with van der Waals surface area (Å²) < 4.78 is 0.872. The fourth-order valence-electron chi connectivity index (χ4n) is 3.35. The maximum absolute atomic E-state index is 12.0. The Balaban J connectivity index is 2.03. The van der Waals surface area contributed by atoms with Crippen LogP contribution in [0.3, 0.4) is 0 Å². The number of halogens is 1. The van der Waals surface area contributed by atoms with Gasteiger partial charge in [0.25, 0.3) is 0 Å². The maximum Gasteiger partial charge on any atom is 0.151 e. The van der Waals surface area contributed by atoms with Crippen molar-refractivity contribution in [1.82, 2.24) is 9.88 Å². The molecule has 0 spiro atoms. The highest BCUT2D eigenvalue weighted by molar-refractivity contribution is 9.10. The van der Waals surface area contributed by atoms with Crippen LogP contribution in [-0.2, 0) is 10.2 Å². The zero-order valence-corrected chi connectivity index (χ0v) is 12.2. The summed E-state index contributed by atoms with van der Waals surface area (Å²) in [5, 5.41) is 9.70. The van der Waals surface area contributed by atoms with Gasteiger partial charge in [0.1, 0.15) is 0 Å². The molecular weight excluding hydrogens is 306 g/mol. The Morgan fingerprint density at radius 1 is 1.53 bits per heavy atom. The van der Waals surface area contributed by atoms with E-state index >= 15 is 0 Å². The molecule has 2 fully saturated rings. The first-order valence-electron chi connectivity index (χ1n) is 6.33. The Hall–Kier alpha value is -1.25. The number of ketones is 1. The van der Waals surface area contributed by atoms with E-state index in [4.69, 9.17) is 0 Å². The molecule has 1 aromatic heterocycles. The zero-order valence-electron chi connectivity index (χ0n) is 10.6. The van der Waals surface area contributed by atoms with Crippen LogP contribution >= 0.6 is 15.9 Å². The summed E-state index contributed by atoms with van der Waals surface area (Å²) in [6.45, 7) is 0. The molecule has 0 aromatic carbocycles. The van der Waals surface area contributed by atoms with Crippen molar-refractivity contribution in [1.29, 1.82) is 5.26 Å². The second kappa shape index (κ2) is 4.39. The van der Waals surface area contributed by atoms with E-state index in [1.54, 1.807) is 12.4 Å². The van der Waals surface area contributed by atoms with Gasteiger partial charge in [-0.3, -0.25) is 14.7 Å². The standard InChI is InChI=1S/C14H14BrN3O/c1-18-11-3-13(19)12(18)5-14(4-11,8-16)9-2-10(15)7-17-6-9/h2,6-7,11-12H,3-5H2,1H3. The molecule has 3 atom stereocenters. The number of hydrogen-bond acceptors (Lipinski definition) is 4. The lowest BCUT2D eigenvalue weighted by atomic mass is 9.71. The van der Waals surface area contributed by atoms with E-state index in [-0.39, 0.29) is 17.9 Å². The first-order valence-corrected chi connectivity index (χ1v) is 7.12. The summed E-state index contributed by atoms with van der Waals surface area (Å²) in [4.78, 5) is 18.3. The van der Waals surface area contributed by atoms with Crippen molar-refractivity contribution < 1.29 is 4.79 Å². The smallest absolute Gasteiger partial charge is 0.151 e. The van der Waals surface area contributed by atoms with E-state index in [0.717, 1.165) is 10.0 Å². The van der Waals surface area contributed by atoms with Crippen LogP contribution in [0.2, 0.25) is 0 Å². The largest absolute Gasteiger partial charge is 0.298 e. The topological polar surface area (TPSA) is 57.0 Å². The summed E-state index contributed by atoms with van der Waals surface area (Å²) in [5.74, 6) is 0.271. The highest BCUT2D eigenvalue weighted by Crippen LogP contribution is 2.45. The summed E-state index contributed by atoms with van der Waals surface area (Å²) in [5.41, 5.74) is 0.340. The van der Waals surface area contributed by atoms with Crippen LogP contribution in [0.1, 0.15) is 24.8 Å². The lowest BCUT2D eigenvalue weighted by Gasteiger charge is -2.40. The zero-order chi connectivity index (χ0) is 13.6. The number of rotatable bonds is 1. The lowest BCUT2D eigenvalue weighted by Crippen LogP contribution is -2.48. The number of piperidine rings is 1. The van der Waals surface area contributed by atoms with Gasteiger partial charge in [-0.15, -0.1) is 0 Å². The van der Waals surface area contributed by atoms with E-state index in [1.807, 2.05) is 13.1 Å². The minimum absolute atomic E-state index is 0.114. The van der Waals surface area contributed by atoms with Crippen LogP contribution in [-0.4, -0.2) is 34.8 Å². The quantitative estimate of drug-likeness (QED) is 0.795. The van der Waals surface area contributed by atoms with E-state index in [9.17, 15) is 10.1 Å². The predicted octanol–water partition coefficient (Wildman–Crippen LogP) is 2.04. The molecular formula is C14H14BrN3O. The molecule has 3 unspecified atom stereocenters. The number of aromatic nitrogens is 1. The van der Waals surface area contributed by atoms with Crippen LogP contribution in [0.4, 0.5) is 0 Å². The SMILES string of the molecule is CN1C2CC(=O)C1CC(C#N)(c1cncc(Br)c1)C2. The van der Waals surface area contributed by atoms with E-state index in [1.165, 1.54) is 0 Å². The van der Waals surface area contributed by atoms with Crippen molar-refractivity contribution in [2.45, 2.75) is 36.8 Å². The summed E-state index contributed by atoms with van der Waals surface area (Å²) in [6.07, 6.45) is 5.33. The van der Waals surface area contributed by atoms with E-state index < -0.39 is 5.41 Å². The molecule has 3 rings (SSSR count). The van der Waals surface area contributed by atoms with Crippen LogP contribution in [0, 0.1) is 11.3 Å². The van der Waals surface area contributed by atoms with Gasteiger partial charge >= 0.3 is 0 Å². The van der Waals surface area contributed by atoms with Crippen molar-refractivity contribution in [2.24, 2.45) is 0 Å². The third kappa shape index (κ3) is 1.90. The maximum atomic E-state index is 12.0. The van der Waals surface area contributed by atoms with E-state index in [0.29, 0.717) is 19.3 Å². The molecule has 0 aliphatic carbocycles. The highest BCUT2D eigenvalue weighted by Gasteiger charge is 2.52. The lowest BCUT2D eigenvalue weighted by molar-refractivity contribution is -0.120. The molecule has 0 saturated carbocycles. The fraction of sp³-hybridized carbons (Fsp3) is 0.500. The minimum Gasteiger partial charge on any atom is -0.298 e. The Bertz CT molecular complexity index is 582. The number of Topliss-reactive ketones (excluding diaryl/α,β-unsaturated/α-hetero) is 1. The number of pyridine rings is 1. The van der Waals surface area contributed by atoms with Crippen LogP contribution < -0.4 is 0 Å². The Labute approximate surface area is 120 Å².